The molecule has 0 atom stereocenters. The van der Waals surface area contributed by atoms with E-state index in [9.17, 15) is 4.79 Å². The first-order valence-electron chi connectivity index (χ1n) is 8.00. The third kappa shape index (κ3) is 5.27. The zero-order valence-electron chi connectivity index (χ0n) is 14.0. The monoisotopic (exact) mass is 432 g/mol. The maximum absolute atomic E-state index is 12.1. The Bertz CT molecular complexity index is 883. The fourth-order valence-electron chi connectivity index (χ4n) is 2.26. The lowest BCUT2D eigenvalue weighted by Crippen LogP contribution is -2.19. The van der Waals surface area contributed by atoms with Gasteiger partial charge in [0.2, 0.25) is 5.13 Å². The molecule has 3 aromatic rings. The summed E-state index contributed by atoms with van der Waals surface area (Å²) < 4.78 is 6.39. The summed E-state index contributed by atoms with van der Waals surface area (Å²) in [6, 6.07) is 14.8. The summed E-state index contributed by atoms with van der Waals surface area (Å²) in [5.74, 6) is 0.764. The van der Waals surface area contributed by atoms with Gasteiger partial charge in [0.15, 0.2) is 0 Å². The fraction of sp³-hybridized carbons (Fsp3) is 0.167. The van der Waals surface area contributed by atoms with Crippen molar-refractivity contribution in [3.63, 3.8) is 0 Å². The zero-order valence-corrected chi connectivity index (χ0v) is 16.4. The number of hydrogen-bond donors (Lipinski definition) is 2. The average Bonchev–Trinajstić information content (AvgIpc) is 3.03. The van der Waals surface area contributed by atoms with E-state index in [0.29, 0.717) is 23.8 Å². The molecule has 134 valence electrons. The number of nitrogens with one attached hydrogen (secondary N) is 2. The maximum atomic E-state index is 12.1. The van der Waals surface area contributed by atoms with E-state index in [2.05, 4.69) is 36.8 Å². The first-order chi connectivity index (χ1) is 12.6. The number of benzene rings is 2. The first kappa shape index (κ1) is 18.3. The number of aromatic nitrogens is 2. The highest BCUT2D eigenvalue weighted by Gasteiger charge is 2.09. The van der Waals surface area contributed by atoms with Gasteiger partial charge < -0.3 is 10.1 Å². The Morgan fingerprint density at radius 1 is 1.15 bits per heavy atom. The van der Waals surface area contributed by atoms with Crippen LogP contribution >= 0.6 is 27.3 Å². The van der Waals surface area contributed by atoms with Gasteiger partial charge in [-0.3, -0.25) is 5.32 Å². The van der Waals surface area contributed by atoms with Crippen molar-refractivity contribution in [2.45, 2.75) is 13.3 Å². The Labute approximate surface area is 163 Å². The van der Waals surface area contributed by atoms with Crippen LogP contribution in [0.15, 0.2) is 53.0 Å². The molecule has 6 nitrogen and oxygen atoms in total. The molecule has 0 fully saturated rings. The summed E-state index contributed by atoms with van der Waals surface area (Å²) in [5, 5.41) is 14.9. The molecule has 0 radical (unpaired) electrons. The molecule has 0 spiro atoms. The van der Waals surface area contributed by atoms with Crippen LogP contribution in [0.1, 0.15) is 17.5 Å². The number of hydrogen-bond acceptors (Lipinski definition) is 5. The average molecular weight is 433 g/mol. The molecule has 8 heteroatoms. The van der Waals surface area contributed by atoms with E-state index in [1.807, 2.05) is 31.2 Å². The van der Waals surface area contributed by atoms with E-state index in [4.69, 9.17) is 4.74 Å². The van der Waals surface area contributed by atoms with Gasteiger partial charge in [-0.15, -0.1) is 10.2 Å². The summed E-state index contributed by atoms with van der Waals surface area (Å²) in [5.41, 5.74) is 1.80. The van der Waals surface area contributed by atoms with E-state index in [1.54, 1.807) is 24.3 Å². The van der Waals surface area contributed by atoms with Crippen LogP contribution in [-0.4, -0.2) is 22.8 Å². The third-order valence-electron chi connectivity index (χ3n) is 3.35. The minimum atomic E-state index is -0.362. The molecule has 0 aliphatic rings. The van der Waals surface area contributed by atoms with Gasteiger partial charge in [0.1, 0.15) is 10.8 Å². The molecule has 2 N–H and O–H groups in total. The molecule has 1 heterocycles. The number of carbonyl (C=O) groups is 1. The van der Waals surface area contributed by atoms with Crippen molar-refractivity contribution in [1.82, 2.24) is 10.2 Å². The Morgan fingerprint density at radius 3 is 2.69 bits per heavy atom. The lowest BCUT2D eigenvalue weighted by molar-refractivity contribution is 0.262. The molecule has 0 bridgehead atoms. The predicted octanol–water partition coefficient (Wildman–Crippen LogP) is 4.93. The first-order valence-corrected chi connectivity index (χ1v) is 9.61. The van der Waals surface area contributed by atoms with Crippen LogP contribution < -0.4 is 15.4 Å². The fourth-order valence-corrected chi connectivity index (χ4v) is 3.47. The molecule has 0 saturated heterocycles. The lowest BCUT2D eigenvalue weighted by atomic mass is 10.2. The van der Waals surface area contributed by atoms with E-state index in [-0.39, 0.29) is 6.03 Å². The molecule has 0 saturated carbocycles. The Morgan fingerprint density at radius 2 is 1.96 bits per heavy atom. The van der Waals surface area contributed by atoms with Crippen molar-refractivity contribution in [2.24, 2.45) is 0 Å². The van der Waals surface area contributed by atoms with Crippen LogP contribution in [0.4, 0.5) is 15.6 Å². The van der Waals surface area contributed by atoms with Crippen LogP contribution in [-0.2, 0) is 6.42 Å². The number of amides is 2. The van der Waals surface area contributed by atoms with E-state index in [0.717, 1.165) is 20.8 Å². The van der Waals surface area contributed by atoms with Gasteiger partial charge in [-0.2, -0.15) is 0 Å². The van der Waals surface area contributed by atoms with Crippen LogP contribution in [0.2, 0.25) is 0 Å². The molecule has 2 aromatic carbocycles. The SMILES string of the molecule is CCOc1ccc(NC(=O)Nc2nnc(Cc3cccc(Br)c3)s2)cc1. The van der Waals surface area contributed by atoms with Gasteiger partial charge in [-0.25, -0.2) is 4.79 Å². The highest BCUT2D eigenvalue weighted by molar-refractivity contribution is 9.10. The maximum Gasteiger partial charge on any atom is 0.325 e. The van der Waals surface area contributed by atoms with Crippen molar-refractivity contribution in [3.05, 3.63) is 63.6 Å². The topological polar surface area (TPSA) is 76.1 Å². The van der Waals surface area contributed by atoms with E-state index < -0.39 is 0 Å². The van der Waals surface area contributed by atoms with Gasteiger partial charge >= 0.3 is 6.03 Å². The van der Waals surface area contributed by atoms with Gasteiger partial charge in [0.25, 0.3) is 0 Å². The largest absolute Gasteiger partial charge is 0.494 e. The minimum absolute atomic E-state index is 0.362. The van der Waals surface area contributed by atoms with Crippen LogP contribution in [0.25, 0.3) is 0 Å². The van der Waals surface area contributed by atoms with E-state index >= 15 is 0 Å². The molecule has 0 unspecified atom stereocenters. The predicted molar refractivity (Wildman–Crippen MR) is 107 cm³/mol. The molecule has 2 amide bonds. The number of rotatable bonds is 6. The lowest BCUT2D eigenvalue weighted by Gasteiger charge is -2.06. The normalized spacial score (nSPS) is 10.4. The van der Waals surface area contributed by atoms with Crippen LogP contribution in [0.5, 0.6) is 5.75 Å². The second-order valence-corrected chi connectivity index (χ2v) is 7.32. The number of ether oxygens (including phenoxy) is 1. The van der Waals surface area contributed by atoms with Crippen molar-refractivity contribution < 1.29 is 9.53 Å². The van der Waals surface area contributed by atoms with Gasteiger partial charge in [0.05, 0.1) is 6.61 Å². The van der Waals surface area contributed by atoms with Gasteiger partial charge in [-0.05, 0) is 48.9 Å². The van der Waals surface area contributed by atoms with Crippen molar-refractivity contribution in [2.75, 3.05) is 17.2 Å². The van der Waals surface area contributed by atoms with E-state index in [1.165, 1.54) is 11.3 Å². The zero-order chi connectivity index (χ0) is 18.4. The Balaban J connectivity index is 1.55. The molecule has 0 aliphatic carbocycles. The third-order valence-corrected chi connectivity index (χ3v) is 4.69. The number of carbonyl (C=O) groups excluding carboxylic acids is 1. The minimum Gasteiger partial charge on any atom is -0.494 e. The van der Waals surface area contributed by atoms with Crippen LogP contribution in [0, 0.1) is 0 Å². The summed E-state index contributed by atoms with van der Waals surface area (Å²) >= 11 is 4.80. The van der Waals surface area contributed by atoms with Gasteiger partial charge in [-0.1, -0.05) is 39.4 Å². The quantitative estimate of drug-likeness (QED) is 0.578. The second kappa shape index (κ2) is 8.77. The Hall–Kier alpha value is -2.45. The smallest absolute Gasteiger partial charge is 0.325 e. The molecule has 26 heavy (non-hydrogen) atoms. The second-order valence-electron chi connectivity index (χ2n) is 5.34. The van der Waals surface area contributed by atoms with Gasteiger partial charge in [0, 0.05) is 16.6 Å². The van der Waals surface area contributed by atoms with Crippen LogP contribution in [0.3, 0.4) is 0 Å². The number of urea groups is 1. The Kier molecular flexibility index (Phi) is 6.19. The van der Waals surface area contributed by atoms with Crippen molar-refractivity contribution >= 4 is 44.1 Å². The number of nitrogens with zero attached hydrogens (tertiary/aromatic N) is 2. The highest BCUT2D eigenvalue weighted by atomic mass is 79.9. The van der Waals surface area contributed by atoms with Crippen molar-refractivity contribution in [3.8, 4) is 5.75 Å². The summed E-state index contributed by atoms with van der Waals surface area (Å²) in [6.45, 7) is 2.53. The molecular weight excluding hydrogens is 416 g/mol. The summed E-state index contributed by atoms with van der Waals surface area (Å²) in [6.07, 6.45) is 0.666. The number of anilines is 2. The molecular formula is C18H17BrN4O2S. The summed E-state index contributed by atoms with van der Waals surface area (Å²) in [7, 11) is 0. The summed E-state index contributed by atoms with van der Waals surface area (Å²) in [4.78, 5) is 12.1. The highest BCUT2D eigenvalue weighted by Crippen LogP contribution is 2.21. The standard InChI is InChI=1S/C18H17BrN4O2S/c1-2-25-15-8-6-14(7-9-15)20-17(24)21-18-23-22-16(26-18)11-12-4-3-5-13(19)10-12/h3-10H,2,11H2,1H3,(H2,20,21,23,24). The number of halogens is 1. The molecule has 1 aromatic heterocycles. The molecule has 3 rings (SSSR count). The molecule has 0 aliphatic heterocycles. The van der Waals surface area contributed by atoms with Crippen molar-refractivity contribution in [1.29, 1.82) is 0 Å².